The van der Waals surface area contributed by atoms with Gasteiger partial charge in [-0.1, -0.05) is 6.07 Å². The first-order valence-corrected chi connectivity index (χ1v) is 5.33. The second-order valence-electron chi connectivity index (χ2n) is 4.00. The third-order valence-electron chi connectivity index (χ3n) is 2.55. The maximum atomic E-state index is 13.7. The molecule has 0 aliphatic heterocycles. The molecule has 16 heavy (non-hydrogen) atoms. The Morgan fingerprint density at radius 3 is 2.62 bits per heavy atom. The number of hydrogen-bond acceptors (Lipinski definition) is 2. The van der Waals surface area contributed by atoms with Gasteiger partial charge in [0.2, 0.25) is 0 Å². The third-order valence-corrected chi connectivity index (χ3v) is 2.55. The van der Waals surface area contributed by atoms with Crippen LogP contribution < -0.4 is 5.32 Å². The molecule has 1 aromatic carbocycles. The van der Waals surface area contributed by atoms with E-state index in [1.165, 1.54) is 12.1 Å². The SMILES string of the molecule is CNCCN(C)Cc1c(F)ccc(C)c1F. The molecule has 0 saturated heterocycles. The van der Waals surface area contributed by atoms with Crippen molar-refractivity contribution in [3.05, 3.63) is 34.9 Å². The number of rotatable bonds is 5. The van der Waals surface area contributed by atoms with Crippen LogP contribution in [0.4, 0.5) is 8.78 Å². The molecule has 0 unspecified atom stereocenters. The number of aryl methyl sites for hydroxylation is 1. The van der Waals surface area contributed by atoms with Gasteiger partial charge in [0, 0.05) is 25.2 Å². The monoisotopic (exact) mass is 228 g/mol. The third kappa shape index (κ3) is 3.25. The molecule has 2 nitrogen and oxygen atoms in total. The molecule has 0 amide bonds. The van der Waals surface area contributed by atoms with Gasteiger partial charge in [0.1, 0.15) is 11.6 Å². The summed E-state index contributed by atoms with van der Waals surface area (Å²) in [7, 11) is 3.69. The second kappa shape index (κ2) is 5.92. The largest absolute Gasteiger partial charge is 0.318 e. The molecule has 0 fully saturated rings. The average Bonchev–Trinajstić information content (AvgIpc) is 2.27. The molecule has 0 bridgehead atoms. The van der Waals surface area contributed by atoms with Crippen LogP contribution in [0.25, 0.3) is 0 Å². The normalized spacial score (nSPS) is 11.1. The Morgan fingerprint density at radius 1 is 1.31 bits per heavy atom. The summed E-state index contributed by atoms with van der Waals surface area (Å²) in [5, 5.41) is 3.00. The highest BCUT2D eigenvalue weighted by atomic mass is 19.1. The number of halogens is 2. The van der Waals surface area contributed by atoms with Crippen LogP contribution in [0.15, 0.2) is 12.1 Å². The Hall–Kier alpha value is -1.00. The zero-order chi connectivity index (χ0) is 12.1. The van der Waals surface area contributed by atoms with Gasteiger partial charge in [-0.3, -0.25) is 0 Å². The zero-order valence-corrected chi connectivity index (χ0v) is 9.98. The van der Waals surface area contributed by atoms with Crippen LogP contribution in [-0.2, 0) is 6.54 Å². The van der Waals surface area contributed by atoms with Crippen molar-refractivity contribution < 1.29 is 8.78 Å². The zero-order valence-electron chi connectivity index (χ0n) is 9.98. The van der Waals surface area contributed by atoms with E-state index in [9.17, 15) is 8.78 Å². The average molecular weight is 228 g/mol. The minimum absolute atomic E-state index is 0.151. The first-order chi connectivity index (χ1) is 7.56. The van der Waals surface area contributed by atoms with E-state index < -0.39 is 11.6 Å². The van der Waals surface area contributed by atoms with E-state index in [1.807, 2.05) is 19.0 Å². The molecule has 0 saturated carbocycles. The highest BCUT2D eigenvalue weighted by Gasteiger charge is 2.12. The van der Waals surface area contributed by atoms with Crippen molar-refractivity contribution in [2.45, 2.75) is 13.5 Å². The van der Waals surface area contributed by atoms with Crippen LogP contribution in [0.3, 0.4) is 0 Å². The van der Waals surface area contributed by atoms with Gasteiger partial charge in [-0.05, 0) is 32.6 Å². The van der Waals surface area contributed by atoms with Gasteiger partial charge in [0.15, 0.2) is 0 Å². The maximum absolute atomic E-state index is 13.7. The van der Waals surface area contributed by atoms with Crippen molar-refractivity contribution >= 4 is 0 Å². The van der Waals surface area contributed by atoms with E-state index in [4.69, 9.17) is 0 Å². The molecular weight excluding hydrogens is 210 g/mol. The number of hydrogen-bond donors (Lipinski definition) is 1. The molecule has 0 spiro atoms. The molecule has 4 heteroatoms. The van der Waals surface area contributed by atoms with Crippen molar-refractivity contribution in [3.8, 4) is 0 Å². The Bertz CT molecular complexity index is 353. The van der Waals surface area contributed by atoms with Crippen molar-refractivity contribution in [3.63, 3.8) is 0 Å². The van der Waals surface area contributed by atoms with Crippen LogP contribution in [0.5, 0.6) is 0 Å². The molecule has 0 aromatic heterocycles. The Balaban J connectivity index is 2.76. The summed E-state index contributed by atoms with van der Waals surface area (Å²) < 4.78 is 27.1. The van der Waals surface area contributed by atoms with Crippen LogP contribution in [0.1, 0.15) is 11.1 Å². The van der Waals surface area contributed by atoms with Crippen molar-refractivity contribution in [2.75, 3.05) is 27.2 Å². The molecule has 1 N–H and O–H groups in total. The van der Waals surface area contributed by atoms with Gasteiger partial charge >= 0.3 is 0 Å². The molecule has 0 atom stereocenters. The maximum Gasteiger partial charge on any atom is 0.133 e. The van der Waals surface area contributed by atoms with Crippen LogP contribution in [-0.4, -0.2) is 32.1 Å². The summed E-state index contributed by atoms with van der Waals surface area (Å²) in [6.45, 7) is 3.49. The summed E-state index contributed by atoms with van der Waals surface area (Å²) in [6, 6.07) is 2.78. The molecule has 90 valence electrons. The minimum Gasteiger partial charge on any atom is -0.318 e. The minimum atomic E-state index is -0.473. The highest BCUT2D eigenvalue weighted by Crippen LogP contribution is 2.17. The smallest absolute Gasteiger partial charge is 0.133 e. The summed E-state index contributed by atoms with van der Waals surface area (Å²) in [5.74, 6) is -0.907. The van der Waals surface area contributed by atoms with Crippen molar-refractivity contribution in [1.82, 2.24) is 10.2 Å². The van der Waals surface area contributed by atoms with Gasteiger partial charge in [-0.25, -0.2) is 8.78 Å². The standard InChI is InChI=1S/C12H18F2N2/c1-9-4-5-11(13)10(12(9)14)8-16(3)7-6-15-2/h4-5,15H,6-8H2,1-3H3. The van der Waals surface area contributed by atoms with Crippen LogP contribution in [0, 0.1) is 18.6 Å². The summed E-state index contributed by atoms with van der Waals surface area (Å²) >= 11 is 0. The molecular formula is C12H18F2N2. The van der Waals surface area contributed by atoms with Gasteiger partial charge in [0.05, 0.1) is 0 Å². The van der Waals surface area contributed by atoms with E-state index in [1.54, 1.807) is 6.92 Å². The van der Waals surface area contributed by atoms with Gasteiger partial charge in [0.25, 0.3) is 0 Å². The predicted molar refractivity (Wildman–Crippen MR) is 61.4 cm³/mol. The van der Waals surface area contributed by atoms with Crippen LogP contribution in [0.2, 0.25) is 0 Å². The molecule has 0 aliphatic rings. The van der Waals surface area contributed by atoms with Gasteiger partial charge < -0.3 is 10.2 Å². The molecule has 0 aliphatic carbocycles. The summed E-state index contributed by atoms with van der Waals surface area (Å²) in [4.78, 5) is 1.89. The highest BCUT2D eigenvalue weighted by molar-refractivity contribution is 5.26. The Kier molecular flexibility index (Phi) is 4.83. The fraction of sp³-hybridized carbons (Fsp3) is 0.500. The molecule has 1 rings (SSSR count). The predicted octanol–water partition coefficient (Wildman–Crippen LogP) is 1.92. The number of nitrogens with zero attached hydrogens (tertiary/aromatic N) is 1. The summed E-state index contributed by atoms with van der Waals surface area (Å²) in [6.07, 6.45) is 0. The van der Waals surface area contributed by atoms with Crippen molar-refractivity contribution in [1.29, 1.82) is 0 Å². The van der Waals surface area contributed by atoms with E-state index >= 15 is 0 Å². The lowest BCUT2D eigenvalue weighted by Gasteiger charge is -2.17. The van der Waals surface area contributed by atoms with E-state index in [0.717, 1.165) is 13.1 Å². The Labute approximate surface area is 95.3 Å². The lowest BCUT2D eigenvalue weighted by molar-refractivity contribution is 0.316. The number of nitrogens with one attached hydrogen (secondary N) is 1. The van der Waals surface area contributed by atoms with E-state index in [0.29, 0.717) is 12.1 Å². The quantitative estimate of drug-likeness (QED) is 0.828. The number of benzene rings is 1. The lowest BCUT2D eigenvalue weighted by Crippen LogP contribution is -2.27. The fourth-order valence-corrected chi connectivity index (χ4v) is 1.51. The topological polar surface area (TPSA) is 15.3 Å². The molecule has 0 radical (unpaired) electrons. The van der Waals surface area contributed by atoms with E-state index in [-0.39, 0.29) is 5.56 Å². The summed E-state index contributed by atoms with van der Waals surface area (Å²) in [5.41, 5.74) is 0.636. The lowest BCUT2D eigenvalue weighted by atomic mass is 10.1. The van der Waals surface area contributed by atoms with Gasteiger partial charge in [-0.2, -0.15) is 0 Å². The number of likely N-dealkylation sites (N-methyl/N-ethyl adjacent to an activating group) is 2. The molecule has 1 aromatic rings. The first-order valence-electron chi connectivity index (χ1n) is 5.33. The second-order valence-corrected chi connectivity index (χ2v) is 4.00. The van der Waals surface area contributed by atoms with Crippen LogP contribution >= 0.6 is 0 Å². The van der Waals surface area contributed by atoms with Crippen molar-refractivity contribution in [2.24, 2.45) is 0 Å². The first kappa shape index (κ1) is 13.1. The van der Waals surface area contributed by atoms with E-state index in [2.05, 4.69) is 5.32 Å². The fourth-order valence-electron chi connectivity index (χ4n) is 1.51. The van der Waals surface area contributed by atoms with Gasteiger partial charge in [-0.15, -0.1) is 0 Å². The Morgan fingerprint density at radius 2 is 2.00 bits per heavy atom. The molecule has 0 heterocycles.